The summed E-state index contributed by atoms with van der Waals surface area (Å²) < 4.78 is 11.0. The first-order valence-corrected chi connectivity index (χ1v) is 7.74. The van der Waals surface area contributed by atoms with Crippen molar-refractivity contribution in [2.45, 2.75) is 32.1 Å². The van der Waals surface area contributed by atoms with E-state index in [1.165, 1.54) is 0 Å². The Balaban J connectivity index is 3.05. The van der Waals surface area contributed by atoms with Gasteiger partial charge >= 0.3 is 0 Å². The molecule has 4 heteroatoms. The molecule has 0 aliphatic rings. The molecule has 1 atom stereocenters. The highest BCUT2D eigenvalue weighted by Gasteiger charge is 2.20. The Morgan fingerprint density at radius 1 is 1.16 bits per heavy atom. The van der Waals surface area contributed by atoms with Crippen molar-refractivity contribution in [1.29, 1.82) is 0 Å². The molecule has 0 saturated carbocycles. The summed E-state index contributed by atoms with van der Waals surface area (Å²) in [6.07, 6.45) is 0. The first-order chi connectivity index (χ1) is 9.13. The molecule has 108 valence electrons. The zero-order chi connectivity index (χ0) is 14.3. The molecule has 0 heterocycles. The van der Waals surface area contributed by atoms with Gasteiger partial charge in [0.1, 0.15) is 11.5 Å². The minimum absolute atomic E-state index is 0.239. The molecule has 0 fully saturated rings. The van der Waals surface area contributed by atoms with Crippen molar-refractivity contribution >= 4 is 11.8 Å². The second kappa shape index (κ2) is 8.33. The molecule has 1 aromatic rings. The molecule has 0 aliphatic heterocycles. The lowest BCUT2D eigenvalue weighted by Crippen LogP contribution is -2.24. The van der Waals surface area contributed by atoms with Crippen molar-refractivity contribution in [3.05, 3.63) is 23.8 Å². The van der Waals surface area contributed by atoms with Gasteiger partial charge in [0.25, 0.3) is 0 Å². The zero-order valence-electron chi connectivity index (χ0n) is 12.5. The summed E-state index contributed by atoms with van der Waals surface area (Å²) in [6, 6.07) is 6.17. The Morgan fingerprint density at radius 3 is 2.16 bits per heavy atom. The van der Waals surface area contributed by atoms with Gasteiger partial charge in [0.15, 0.2) is 0 Å². The second-order valence-corrected chi connectivity index (χ2v) is 6.18. The summed E-state index contributed by atoms with van der Waals surface area (Å²) in [5.41, 5.74) is 1.11. The van der Waals surface area contributed by atoms with Crippen LogP contribution in [0.5, 0.6) is 11.5 Å². The third-order valence-electron chi connectivity index (χ3n) is 2.86. The Morgan fingerprint density at radius 2 is 1.74 bits per heavy atom. The average molecular weight is 283 g/mol. The van der Waals surface area contributed by atoms with Crippen molar-refractivity contribution in [1.82, 2.24) is 5.32 Å². The molecule has 0 aromatic heterocycles. The van der Waals surface area contributed by atoms with Gasteiger partial charge in [-0.05, 0) is 23.9 Å². The van der Waals surface area contributed by atoms with Gasteiger partial charge in [0, 0.05) is 11.8 Å². The molecule has 1 rings (SSSR count). The standard InChI is InChI=1S/C15H25NO2S/c1-6-16-12(10-19-11(2)3)15-13(17-4)8-7-9-14(15)18-5/h7-9,11-12,16H,6,10H2,1-5H3. The summed E-state index contributed by atoms with van der Waals surface area (Å²) in [6.45, 7) is 7.47. The molecule has 1 unspecified atom stereocenters. The molecule has 0 saturated heterocycles. The van der Waals surface area contributed by atoms with E-state index in [9.17, 15) is 0 Å². The maximum atomic E-state index is 5.49. The first-order valence-electron chi connectivity index (χ1n) is 6.69. The number of rotatable bonds is 8. The number of nitrogens with one attached hydrogen (secondary N) is 1. The van der Waals surface area contributed by atoms with E-state index < -0.39 is 0 Å². The van der Waals surface area contributed by atoms with Crippen LogP contribution in [0.25, 0.3) is 0 Å². The number of hydrogen-bond acceptors (Lipinski definition) is 4. The second-order valence-electron chi connectivity index (χ2n) is 4.57. The maximum absolute atomic E-state index is 5.49. The Labute approximate surface area is 121 Å². The summed E-state index contributed by atoms with van der Waals surface area (Å²) in [5, 5.41) is 4.14. The smallest absolute Gasteiger partial charge is 0.127 e. The van der Waals surface area contributed by atoms with Crippen LogP contribution in [-0.2, 0) is 0 Å². The van der Waals surface area contributed by atoms with E-state index in [0.717, 1.165) is 29.4 Å². The summed E-state index contributed by atoms with van der Waals surface area (Å²) >= 11 is 1.94. The number of thioether (sulfide) groups is 1. The van der Waals surface area contributed by atoms with E-state index in [1.807, 2.05) is 30.0 Å². The molecule has 0 bridgehead atoms. The number of ether oxygens (including phenoxy) is 2. The van der Waals surface area contributed by atoms with Crippen molar-refractivity contribution < 1.29 is 9.47 Å². The Hall–Kier alpha value is -0.870. The van der Waals surface area contributed by atoms with Crippen molar-refractivity contribution in [3.8, 4) is 11.5 Å². The maximum Gasteiger partial charge on any atom is 0.127 e. The van der Waals surface area contributed by atoms with E-state index in [2.05, 4.69) is 26.1 Å². The monoisotopic (exact) mass is 283 g/mol. The van der Waals surface area contributed by atoms with E-state index >= 15 is 0 Å². The SMILES string of the molecule is CCNC(CSC(C)C)c1c(OC)cccc1OC. The third kappa shape index (κ3) is 4.62. The number of methoxy groups -OCH3 is 2. The van der Waals surface area contributed by atoms with Crippen LogP contribution in [-0.4, -0.2) is 31.8 Å². The largest absolute Gasteiger partial charge is 0.496 e. The van der Waals surface area contributed by atoms with Crippen LogP contribution >= 0.6 is 11.8 Å². The minimum Gasteiger partial charge on any atom is -0.496 e. The fraction of sp³-hybridized carbons (Fsp3) is 0.600. The van der Waals surface area contributed by atoms with Crippen LogP contribution in [0.2, 0.25) is 0 Å². The molecule has 0 amide bonds. The minimum atomic E-state index is 0.239. The Kier molecular flexibility index (Phi) is 7.10. The van der Waals surface area contributed by atoms with Crippen molar-refractivity contribution in [2.24, 2.45) is 0 Å². The van der Waals surface area contributed by atoms with Gasteiger partial charge in [-0.25, -0.2) is 0 Å². The van der Waals surface area contributed by atoms with E-state index in [4.69, 9.17) is 9.47 Å². The van der Waals surface area contributed by atoms with Gasteiger partial charge in [-0.2, -0.15) is 11.8 Å². The van der Waals surface area contributed by atoms with Crippen molar-refractivity contribution in [3.63, 3.8) is 0 Å². The number of hydrogen-bond donors (Lipinski definition) is 1. The van der Waals surface area contributed by atoms with Gasteiger partial charge in [0.05, 0.1) is 19.8 Å². The molecular weight excluding hydrogens is 258 g/mol. The molecular formula is C15H25NO2S. The van der Waals surface area contributed by atoms with Crippen molar-refractivity contribution in [2.75, 3.05) is 26.5 Å². The Bertz CT molecular complexity index is 360. The molecule has 0 radical (unpaired) electrons. The van der Waals surface area contributed by atoms with Gasteiger partial charge in [0.2, 0.25) is 0 Å². The summed E-state index contributed by atoms with van der Waals surface area (Å²) in [4.78, 5) is 0. The van der Waals surface area contributed by atoms with Crippen LogP contribution in [0, 0.1) is 0 Å². The van der Waals surface area contributed by atoms with Crippen LogP contribution < -0.4 is 14.8 Å². The van der Waals surface area contributed by atoms with Crippen LogP contribution in [0.3, 0.4) is 0 Å². The normalized spacial score (nSPS) is 12.5. The van der Waals surface area contributed by atoms with E-state index in [0.29, 0.717) is 5.25 Å². The van der Waals surface area contributed by atoms with Gasteiger partial charge in [-0.1, -0.05) is 26.8 Å². The third-order valence-corrected chi connectivity index (χ3v) is 4.05. The summed E-state index contributed by atoms with van der Waals surface area (Å²) in [5.74, 6) is 2.77. The topological polar surface area (TPSA) is 30.5 Å². The average Bonchev–Trinajstić information content (AvgIpc) is 2.42. The van der Waals surface area contributed by atoms with Crippen LogP contribution in [0.1, 0.15) is 32.4 Å². The highest BCUT2D eigenvalue weighted by Crippen LogP contribution is 2.36. The van der Waals surface area contributed by atoms with Gasteiger partial charge in [-0.15, -0.1) is 0 Å². The molecule has 1 N–H and O–H groups in total. The fourth-order valence-corrected chi connectivity index (χ4v) is 2.86. The molecule has 19 heavy (non-hydrogen) atoms. The zero-order valence-corrected chi connectivity index (χ0v) is 13.3. The van der Waals surface area contributed by atoms with E-state index in [1.54, 1.807) is 14.2 Å². The molecule has 3 nitrogen and oxygen atoms in total. The molecule has 0 aliphatic carbocycles. The molecule has 1 aromatic carbocycles. The lowest BCUT2D eigenvalue weighted by Gasteiger charge is -2.23. The number of benzene rings is 1. The summed E-state index contributed by atoms with van der Waals surface area (Å²) in [7, 11) is 3.41. The van der Waals surface area contributed by atoms with Gasteiger partial charge < -0.3 is 14.8 Å². The van der Waals surface area contributed by atoms with Crippen LogP contribution in [0.4, 0.5) is 0 Å². The van der Waals surface area contributed by atoms with Gasteiger partial charge in [-0.3, -0.25) is 0 Å². The van der Waals surface area contributed by atoms with Crippen LogP contribution in [0.15, 0.2) is 18.2 Å². The van der Waals surface area contributed by atoms with E-state index in [-0.39, 0.29) is 6.04 Å². The lowest BCUT2D eigenvalue weighted by atomic mass is 10.1. The lowest BCUT2D eigenvalue weighted by molar-refractivity contribution is 0.375. The predicted octanol–water partition coefficient (Wildman–Crippen LogP) is 3.50. The predicted molar refractivity (Wildman–Crippen MR) is 83.6 cm³/mol. The first kappa shape index (κ1) is 16.2. The molecule has 0 spiro atoms. The highest BCUT2D eigenvalue weighted by molar-refractivity contribution is 7.99. The highest BCUT2D eigenvalue weighted by atomic mass is 32.2. The quantitative estimate of drug-likeness (QED) is 0.791. The fourth-order valence-electron chi connectivity index (χ4n) is 2.00.